The highest BCUT2D eigenvalue weighted by Gasteiger charge is 2.23. The molecule has 3 aromatic heterocycles. The Balaban J connectivity index is 1.97. The summed E-state index contributed by atoms with van der Waals surface area (Å²) in [7, 11) is 0. The molecule has 0 spiro atoms. The lowest BCUT2D eigenvalue weighted by molar-refractivity contribution is -0.112. The average Bonchev–Trinajstić information content (AvgIpc) is 3.29. The monoisotopic (exact) mass is 431 g/mol. The molecule has 0 unspecified atom stereocenters. The van der Waals surface area contributed by atoms with E-state index in [-0.39, 0.29) is 11.0 Å². The fourth-order valence-electron chi connectivity index (χ4n) is 3.42. The zero-order valence-corrected chi connectivity index (χ0v) is 19.5. The molecule has 8 heteroatoms. The number of carbonyl (C=O) groups excluding carboxylic acids is 1. The molecule has 0 aliphatic carbocycles. The summed E-state index contributed by atoms with van der Waals surface area (Å²) >= 11 is 0. The maximum absolute atomic E-state index is 13.0. The highest BCUT2D eigenvalue weighted by molar-refractivity contribution is 6.09. The molecule has 0 aromatic carbocycles. The van der Waals surface area contributed by atoms with E-state index < -0.39 is 5.91 Å². The zero-order chi connectivity index (χ0) is 23.5. The van der Waals surface area contributed by atoms with E-state index in [4.69, 9.17) is 0 Å². The predicted molar refractivity (Wildman–Crippen MR) is 124 cm³/mol. The molecule has 0 atom stereocenters. The lowest BCUT2D eigenvalue weighted by Crippen LogP contribution is -2.17. The number of aryl methyl sites for hydroxylation is 1. The Bertz CT molecular complexity index is 1190. The van der Waals surface area contributed by atoms with Crippen molar-refractivity contribution in [2.75, 3.05) is 5.32 Å². The number of rotatable bonds is 6. The third-order valence-corrected chi connectivity index (χ3v) is 5.19. The Hall–Kier alpha value is -3.73. The van der Waals surface area contributed by atoms with Gasteiger partial charge in [0.15, 0.2) is 0 Å². The molecule has 0 aliphatic rings. The van der Waals surface area contributed by atoms with Gasteiger partial charge in [-0.05, 0) is 44.0 Å². The molecule has 0 saturated heterocycles. The molecule has 1 N–H and O–H groups in total. The maximum Gasteiger partial charge on any atom is 0.267 e. The van der Waals surface area contributed by atoms with Crippen molar-refractivity contribution in [1.82, 2.24) is 24.3 Å². The van der Waals surface area contributed by atoms with E-state index in [1.165, 1.54) is 4.68 Å². The van der Waals surface area contributed by atoms with Gasteiger partial charge < -0.3 is 9.88 Å². The Labute approximate surface area is 188 Å². The van der Waals surface area contributed by atoms with Crippen LogP contribution in [0.2, 0.25) is 0 Å². The summed E-state index contributed by atoms with van der Waals surface area (Å²) in [6.07, 6.45) is 5.86. The number of hydrogen-bond donors (Lipinski definition) is 1. The molecule has 0 aliphatic heterocycles. The number of amides is 1. The Morgan fingerprint density at radius 3 is 2.50 bits per heavy atom. The molecule has 8 nitrogen and oxygen atoms in total. The average molecular weight is 432 g/mol. The third kappa shape index (κ3) is 4.78. The first-order chi connectivity index (χ1) is 15.2. The Morgan fingerprint density at radius 1 is 1.22 bits per heavy atom. The minimum absolute atomic E-state index is 0.0146. The Kier molecular flexibility index (Phi) is 6.58. The fraction of sp³-hybridized carbons (Fsp3) is 0.375. The summed E-state index contributed by atoms with van der Waals surface area (Å²) in [4.78, 5) is 21.5. The highest BCUT2D eigenvalue weighted by Crippen LogP contribution is 2.26. The van der Waals surface area contributed by atoms with Gasteiger partial charge in [0.1, 0.15) is 17.5 Å². The van der Waals surface area contributed by atoms with Crippen molar-refractivity contribution in [2.24, 2.45) is 0 Å². The van der Waals surface area contributed by atoms with Gasteiger partial charge in [-0.25, -0.2) is 9.97 Å². The van der Waals surface area contributed by atoms with Crippen LogP contribution in [-0.2, 0) is 16.8 Å². The summed E-state index contributed by atoms with van der Waals surface area (Å²) in [5.41, 5.74) is 3.53. The summed E-state index contributed by atoms with van der Waals surface area (Å²) in [5.74, 6) is 0.234. The van der Waals surface area contributed by atoms with Crippen LogP contribution in [0.15, 0.2) is 36.2 Å². The van der Waals surface area contributed by atoms with Crippen LogP contribution in [0.3, 0.4) is 0 Å². The normalized spacial score (nSPS) is 12.0. The van der Waals surface area contributed by atoms with Crippen molar-refractivity contribution in [3.63, 3.8) is 0 Å². The number of hydrogen-bond acceptors (Lipinski definition) is 5. The van der Waals surface area contributed by atoms with Gasteiger partial charge in [-0.3, -0.25) is 4.79 Å². The quantitative estimate of drug-likeness (QED) is 0.462. The summed E-state index contributed by atoms with van der Waals surface area (Å²) in [6, 6.07) is 7.53. The van der Waals surface area contributed by atoms with Crippen molar-refractivity contribution in [2.45, 2.75) is 59.9 Å². The van der Waals surface area contributed by atoms with E-state index in [0.717, 1.165) is 35.6 Å². The summed E-state index contributed by atoms with van der Waals surface area (Å²) in [5, 5.41) is 17.1. The molecular weight excluding hydrogens is 402 g/mol. The lowest BCUT2D eigenvalue weighted by Gasteiger charge is -2.13. The SMILES string of the molecule is CCCn1c(C)cc(/C=C(/C#N)C(=O)Nc2cc(C(C)(C)C)nn2-c2ncccn2)c1C. The first kappa shape index (κ1) is 22.9. The fourth-order valence-corrected chi connectivity index (χ4v) is 3.42. The number of carbonyl (C=O) groups is 1. The number of anilines is 1. The number of nitriles is 1. The Morgan fingerprint density at radius 2 is 1.91 bits per heavy atom. The van der Waals surface area contributed by atoms with Crippen molar-refractivity contribution < 1.29 is 4.79 Å². The van der Waals surface area contributed by atoms with Crippen LogP contribution in [-0.4, -0.2) is 30.2 Å². The van der Waals surface area contributed by atoms with Crippen molar-refractivity contribution in [3.8, 4) is 12.0 Å². The lowest BCUT2D eigenvalue weighted by atomic mass is 9.92. The molecule has 0 bridgehead atoms. The van der Waals surface area contributed by atoms with Gasteiger partial charge in [0, 0.05) is 41.8 Å². The van der Waals surface area contributed by atoms with Crippen molar-refractivity contribution >= 4 is 17.8 Å². The van der Waals surface area contributed by atoms with Gasteiger partial charge >= 0.3 is 0 Å². The topological polar surface area (TPSA) is 101 Å². The second-order valence-electron chi connectivity index (χ2n) is 8.73. The van der Waals surface area contributed by atoms with Crippen LogP contribution >= 0.6 is 0 Å². The molecule has 0 radical (unpaired) electrons. The van der Waals surface area contributed by atoms with Crippen LogP contribution < -0.4 is 5.32 Å². The number of aromatic nitrogens is 5. The van der Waals surface area contributed by atoms with Crippen LogP contribution in [0.4, 0.5) is 5.82 Å². The summed E-state index contributed by atoms with van der Waals surface area (Å²) < 4.78 is 3.68. The second-order valence-corrected chi connectivity index (χ2v) is 8.73. The molecule has 0 saturated carbocycles. The standard InChI is InChI=1S/C24H29N7O/c1-7-11-30-16(2)12-18(17(30)3)13-19(15-25)22(32)28-21-14-20(24(4,5)6)29-31(21)23-26-9-8-10-27-23/h8-10,12-14H,7,11H2,1-6H3,(H,28,32)/b19-13-. The van der Waals surface area contributed by atoms with Gasteiger partial charge in [-0.2, -0.15) is 15.0 Å². The number of nitrogens with zero attached hydrogens (tertiary/aromatic N) is 6. The van der Waals surface area contributed by atoms with Crippen LogP contribution in [0.5, 0.6) is 0 Å². The first-order valence-electron chi connectivity index (χ1n) is 10.6. The van der Waals surface area contributed by atoms with Crippen molar-refractivity contribution in [1.29, 1.82) is 5.26 Å². The largest absolute Gasteiger partial charge is 0.349 e. The molecule has 32 heavy (non-hydrogen) atoms. The van der Waals surface area contributed by atoms with E-state index in [2.05, 4.69) is 31.9 Å². The van der Waals surface area contributed by atoms with Crippen molar-refractivity contribution in [3.05, 3.63) is 58.8 Å². The van der Waals surface area contributed by atoms with E-state index >= 15 is 0 Å². The van der Waals surface area contributed by atoms with Gasteiger partial charge in [0.05, 0.1) is 5.69 Å². The van der Waals surface area contributed by atoms with E-state index in [1.54, 1.807) is 30.6 Å². The summed E-state index contributed by atoms with van der Waals surface area (Å²) in [6.45, 7) is 13.1. The minimum atomic E-state index is -0.509. The van der Waals surface area contributed by atoms with Crippen LogP contribution in [0.1, 0.15) is 56.8 Å². The molecular formula is C24H29N7O. The zero-order valence-electron chi connectivity index (χ0n) is 19.5. The smallest absolute Gasteiger partial charge is 0.267 e. The van der Waals surface area contributed by atoms with E-state index in [0.29, 0.717) is 11.8 Å². The molecule has 1 amide bonds. The molecule has 166 valence electrons. The molecule has 3 rings (SSSR count). The third-order valence-electron chi connectivity index (χ3n) is 5.19. The number of nitrogens with one attached hydrogen (secondary N) is 1. The van der Waals surface area contributed by atoms with Crippen LogP contribution in [0, 0.1) is 25.2 Å². The molecule has 3 heterocycles. The first-order valence-corrected chi connectivity index (χ1v) is 10.6. The predicted octanol–water partition coefficient (Wildman–Crippen LogP) is 4.33. The van der Waals surface area contributed by atoms with Gasteiger partial charge in [0.2, 0.25) is 0 Å². The van der Waals surface area contributed by atoms with E-state index in [9.17, 15) is 10.1 Å². The molecule has 0 fully saturated rings. The maximum atomic E-state index is 13.0. The van der Waals surface area contributed by atoms with Gasteiger partial charge in [-0.15, -0.1) is 0 Å². The minimum Gasteiger partial charge on any atom is -0.349 e. The van der Waals surface area contributed by atoms with Gasteiger partial charge in [-0.1, -0.05) is 27.7 Å². The van der Waals surface area contributed by atoms with Crippen LogP contribution in [0.25, 0.3) is 12.0 Å². The second kappa shape index (κ2) is 9.18. The van der Waals surface area contributed by atoms with Gasteiger partial charge in [0.25, 0.3) is 11.9 Å². The van der Waals surface area contributed by atoms with E-state index in [1.807, 2.05) is 46.8 Å². The highest BCUT2D eigenvalue weighted by atomic mass is 16.1. The molecule has 3 aromatic rings.